The first-order valence-corrected chi connectivity index (χ1v) is 5.40. The average molecular weight is 231 g/mol. The van der Waals surface area contributed by atoms with E-state index in [-0.39, 0.29) is 5.82 Å². The van der Waals surface area contributed by atoms with Crippen LogP contribution in [0.25, 0.3) is 11.3 Å². The molecule has 1 aromatic heterocycles. The summed E-state index contributed by atoms with van der Waals surface area (Å²) in [7, 11) is 1.82. The van der Waals surface area contributed by atoms with E-state index in [1.807, 2.05) is 20.9 Å². The molecule has 17 heavy (non-hydrogen) atoms. The summed E-state index contributed by atoms with van der Waals surface area (Å²) in [5.74, 6) is 1.25. The fourth-order valence-corrected chi connectivity index (χ4v) is 1.76. The van der Waals surface area contributed by atoms with Gasteiger partial charge in [0.2, 0.25) is 0 Å². The van der Waals surface area contributed by atoms with E-state index in [1.54, 1.807) is 12.1 Å². The molecule has 0 spiro atoms. The zero-order chi connectivity index (χ0) is 12.4. The Hall–Kier alpha value is -1.97. The van der Waals surface area contributed by atoms with E-state index in [9.17, 15) is 4.39 Å². The fourth-order valence-electron chi connectivity index (χ4n) is 1.76. The number of nitrogens with one attached hydrogen (secondary N) is 1. The van der Waals surface area contributed by atoms with Gasteiger partial charge in [-0.2, -0.15) is 0 Å². The molecule has 0 aliphatic heterocycles. The molecule has 0 aliphatic carbocycles. The molecule has 1 N–H and O–H groups in total. The Labute approximate surface area is 99.7 Å². The van der Waals surface area contributed by atoms with Gasteiger partial charge in [-0.15, -0.1) is 0 Å². The molecule has 4 heteroatoms. The van der Waals surface area contributed by atoms with E-state index in [2.05, 4.69) is 15.3 Å². The summed E-state index contributed by atoms with van der Waals surface area (Å²) in [5.41, 5.74) is 2.69. The van der Waals surface area contributed by atoms with Gasteiger partial charge in [0.15, 0.2) is 0 Å². The summed E-state index contributed by atoms with van der Waals surface area (Å²) >= 11 is 0. The highest BCUT2D eigenvalue weighted by molar-refractivity contribution is 5.67. The van der Waals surface area contributed by atoms with Crippen LogP contribution in [0.2, 0.25) is 0 Å². The zero-order valence-corrected chi connectivity index (χ0v) is 10.1. The number of aryl methyl sites for hydroxylation is 1. The Morgan fingerprint density at radius 1 is 1.06 bits per heavy atom. The van der Waals surface area contributed by atoms with Gasteiger partial charge in [0.05, 0.1) is 5.69 Å². The molecule has 2 rings (SSSR count). The number of rotatable bonds is 2. The van der Waals surface area contributed by atoms with Crippen LogP contribution in [0, 0.1) is 19.7 Å². The van der Waals surface area contributed by atoms with E-state index in [0.29, 0.717) is 5.82 Å². The van der Waals surface area contributed by atoms with E-state index >= 15 is 0 Å². The van der Waals surface area contributed by atoms with Crippen molar-refractivity contribution in [3.05, 3.63) is 41.5 Å². The second-order valence-corrected chi connectivity index (χ2v) is 3.85. The molecule has 0 aliphatic rings. The summed E-state index contributed by atoms with van der Waals surface area (Å²) < 4.78 is 12.9. The van der Waals surface area contributed by atoms with E-state index < -0.39 is 0 Å². The standard InChI is InChI=1S/C13H14FN3/c1-8-12(10-4-6-11(14)7-5-10)16-9(2)17-13(8)15-3/h4-7H,1-3H3,(H,15,16,17). The van der Waals surface area contributed by atoms with Gasteiger partial charge in [0, 0.05) is 18.2 Å². The fraction of sp³-hybridized carbons (Fsp3) is 0.231. The SMILES string of the molecule is CNc1nc(C)nc(-c2ccc(F)cc2)c1C. The monoisotopic (exact) mass is 231 g/mol. The molecule has 0 saturated heterocycles. The number of anilines is 1. The lowest BCUT2D eigenvalue weighted by atomic mass is 10.1. The Balaban J connectivity index is 2.58. The topological polar surface area (TPSA) is 37.8 Å². The molecule has 1 heterocycles. The average Bonchev–Trinajstić information content (AvgIpc) is 2.33. The van der Waals surface area contributed by atoms with Crippen molar-refractivity contribution in [3.8, 4) is 11.3 Å². The number of hydrogen-bond acceptors (Lipinski definition) is 3. The maximum atomic E-state index is 12.9. The van der Waals surface area contributed by atoms with Crippen LogP contribution in [0.15, 0.2) is 24.3 Å². The summed E-state index contributed by atoms with van der Waals surface area (Å²) in [4.78, 5) is 8.71. The third-order valence-electron chi connectivity index (χ3n) is 2.61. The smallest absolute Gasteiger partial charge is 0.132 e. The number of hydrogen-bond donors (Lipinski definition) is 1. The quantitative estimate of drug-likeness (QED) is 0.863. The van der Waals surface area contributed by atoms with E-state index in [4.69, 9.17) is 0 Å². The predicted molar refractivity (Wildman–Crippen MR) is 66.4 cm³/mol. The van der Waals surface area contributed by atoms with Crippen LogP contribution in [0.4, 0.5) is 10.2 Å². The van der Waals surface area contributed by atoms with Gasteiger partial charge in [-0.05, 0) is 38.1 Å². The first kappa shape index (κ1) is 11.5. The summed E-state index contributed by atoms with van der Waals surface area (Å²) in [6.07, 6.45) is 0. The molecule has 0 radical (unpaired) electrons. The largest absolute Gasteiger partial charge is 0.373 e. The minimum Gasteiger partial charge on any atom is -0.373 e. The minimum atomic E-state index is -0.244. The van der Waals surface area contributed by atoms with Crippen molar-refractivity contribution >= 4 is 5.82 Å². The lowest BCUT2D eigenvalue weighted by Crippen LogP contribution is -2.02. The Kier molecular flexibility index (Phi) is 3.04. The minimum absolute atomic E-state index is 0.244. The molecule has 3 nitrogen and oxygen atoms in total. The van der Waals surface area contributed by atoms with Gasteiger partial charge < -0.3 is 5.32 Å². The van der Waals surface area contributed by atoms with Crippen molar-refractivity contribution in [3.63, 3.8) is 0 Å². The molecule has 0 bridgehead atoms. The molecule has 0 amide bonds. The Morgan fingerprint density at radius 2 is 1.71 bits per heavy atom. The van der Waals surface area contributed by atoms with Crippen LogP contribution >= 0.6 is 0 Å². The molecule has 0 unspecified atom stereocenters. The van der Waals surface area contributed by atoms with E-state index in [1.165, 1.54) is 12.1 Å². The molecule has 0 atom stereocenters. The van der Waals surface area contributed by atoms with Crippen molar-refractivity contribution in [1.82, 2.24) is 9.97 Å². The summed E-state index contributed by atoms with van der Waals surface area (Å²) in [6, 6.07) is 6.32. The van der Waals surface area contributed by atoms with Gasteiger partial charge in [0.25, 0.3) is 0 Å². The van der Waals surface area contributed by atoms with Crippen LogP contribution in [-0.2, 0) is 0 Å². The highest BCUT2D eigenvalue weighted by Crippen LogP contribution is 2.25. The molecule has 0 fully saturated rings. The Morgan fingerprint density at radius 3 is 2.29 bits per heavy atom. The van der Waals surface area contributed by atoms with Gasteiger partial charge in [-0.1, -0.05) is 0 Å². The molecule has 0 saturated carbocycles. The van der Waals surface area contributed by atoms with Crippen LogP contribution in [0.5, 0.6) is 0 Å². The number of nitrogens with zero attached hydrogens (tertiary/aromatic N) is 2. The van der Waals surface area contributed by atoms with Gasteiger partial charge in [0.1, 0.15) is 17.5 Å². The third-order valence-corrected chi connectivity index (χ3v) is 2.61. The maximum absolute atomic E-state index is 12.9. The molecule has 2 aromatic rings. The third kappa shape index (κ3) is 2.25. The normalized spacial score (nSPS) is 10.4. The van der Waals surface area contributed by atoms with Crippen LogP contribution in [0.3, 0.4) is 0 Å². The highest BCUT2D eigenvalue weighted by Gasteiger charge is 2.09. The van der Waals surface area contributed by atoms with Crippen LogP contribution in [-0.4, -0.2) is 17.0 Å². The number of aromatic nitrogens is 2. The predicted octanol–water partition coefficient (Wildman–Crippen LogP) is 2.94. The second kappa shape index (κ2) is 4.49. The Bertz CT molecular complexity index is 535. The maximum Gasteiger partial charge on any atom is 0.132 e. The van der Waals surface area contributed by atoms with Crippen molar-refractivity contribution in [2.45, 2.75) is 13.8 Å². The molecule has 1 aromatic carbocycles. The van der Waals surface area contributed by atoms with Gasteiger partial charge >= 0.3 is 0 Å². The summed E-state index contributed by atoms with van der Waals surface area (Å²) in [5, 5.41) is 3.03. The number of halogens is 1. The van der Waals surface area contributed by atoms with Crippen molar-refractivity contribution in [2.75, 3.05) is 12.4 Å². The van der Waals surface area contributed by atoms with Crippen LogP contribution in [0.1, 0.15) is 11.4 Å². The van der Waals surface area contributed by atoms with Crippen molar-refractivity contribution in [2.24, 2.45) is 0 Å². The number of benzene rings is 1. The molecule has 88 valence electrons. The summed E-state index contributed by atoms with van der Waals surface area (Å²) in [6.45, 7) is 3.79. The van der Waals surface area contributed by atoms with Crippen molar-refractivity contribution in [1.29, 1.82) is 0 Å². The highest BCUT2D eigenvalue weighted by atomic mass is 19.1. The van der Waals surface area contributed by atoms with Gasteiger partial charge in [-0.25, -0.2) is 14.4 Å². The zero-order valence-electron chi connectivity index (χ0n) is 10.1. The molecular weight excluding hydrogens is 217 g/mol. The van der Waals surface area contributed by atoms with E-state index in [0.717, 1.165) is 22.6 Å². The lowest BCUT2D eigenvalue weighted by Gasteiger charge is -2.10. The lowest BCUT2D eigenvalue weighted by molar-refractivity contribution is 0.628. The molecular formula is C13H14FN3. The van der Waals surface area contributed by atoms with Crippen molar-refractivity contribution < 1.29 is 4.39 Å². The second-order valence-electron chi connectivity index (χ2n) is 3.85. The first-order valence-electron chi connectivity index (χ1n) is 5.40. The van der Waals surface area contributed by atoms with Crippen LogP contribution < -0.4 is 5.32 Å². The first-order chi connectivity index (χ1) is 8.11. The van der Waals surface area contributed by atoms with Gasteiger partial charge in [-0.3, -0.25) is 0 Å².